The van der Waals surface area contributed by atoms with Gasteiger partial charge in [-0.2, -0.15) is 0 Å². The van der Waals surface area contributed by atoms with E-state index in [9.17, 15) is 39.6 Å². The van der Waals surface area contributed by atoms with E-state index in [0.717, 1.165) is 48.8 Å². The summed E-state index contributed by atoms with van der Waals surface area (Å²) in [5.74, 6) is -4.99. The average molecular weight is 432 g/mol. The van der Waals surface area contributed by atoms with Crippen molar-refractivity contribution in [3.63, 3.8) is 0 Å². The molecule has 0 amide bonds. The summed E-state index contributed by atoms with van der Waals surface area (Å²) in [6, 6.07) is 0. The Kier molecular flexibility index (Phi) is 11.9. The smallest absolute Gasteiger partial charge is 0.320 e. The molecule has 4 N–H and O–H groups in total. The zero-order valence-electron chi connectivity index (χ0n) is 17.1. The number of carboxylic acids is 4. The summed E-state index contributed by atoms with van der Waals surface area (Å²) in [7, 11) is 0. The highest BCUT2D eigenvalue weighted by Gasteiger charge is 2.32. The SMILES string of the molecule is O=C(O)CN1CCCCCCCCCCN(CC(=O)O)N(CC(=O)O)N1CC(=O)O. The summed E-state index contributed by atoms with van der Waals surface area (Å²) in [5, 5.41) is 42.0. The number of rotatable bonds is 8. The number of nitrogens with zero attached hydrogens (tertiary/aromatic N) is 4. The Balaban J connectivity index is 3.30. The minimum absolute atomic E-state index is 0.205. The van der Waals surface area contributed by atoms with E-state index in [2.05, 4.69) is 0 Å². The van der Waals surface area contributed by atoms with E-state index >= 15 is 0 Å². The lowest BCUT2D eigenvalue weighted by molar-refractivity contribution is -0.277. The van der Waals surface area contributed by atoms with Gasteiger partial charge in [-0.25, -0.2) is 10.0 Å². The predicted molar refractivity (Wildman–Crippen MR) is 104 cm³/mol. The van der Waals surface area contributed by atoms with Crippen molar-refractivity contribution in [1.82, 2.24) is 20.3 Å². The van der Waals surface area contributed by atoms with Gasteiger partial charge in [0.15, 0.2) is 0 Å². The van der Waals surface area contributed by atoms with Crippen LogP contribution in [0.3, 0.4) is 0 Å². The molecule has 172 valence electrons. The van der Waals surface area contributed by atoms with Gasteiger partial charge in [-0.3, -0.25) is 19.2 Å². The molecule has 30 heavy (non-hydrogen) atoms. The molecule has 1 rings (SSSR count). The first-order chi connectivity index (χ1) is 14.2. The molecule has 0 aromatic heterocycles. The quantitative estimate of drug-likeness (QED) is 0.418. The fourth-order valence-corrected chi connectivity index (χ4v) is 3.41. The van der Waals surface area contributed by atoms with Gasteiger partial charge in [0.1, 0.15) is 26.2 Å². The standard InChI is InChI=1S/C18H32N4O8/c23-15(24)11-19-9-7-5-3-1-2-4-6-8-10-20(12-16(25)26)22(14-18(29)30)21(19)13-17(27)28/h1-14H2,(H,23,24)(H,25,26)(H,27,28)(H,29,30). The fourth-order valence-electron chi connectivity index (χ4n) is 3.41. The molecule has 0 aliphatic carbocycles. The second-order valence-corrected chi connectivity index (χ2v) is 7.24. The molecule has 1 heterocycles. The number of hydrogen-bond donors (Lipinski definition) is 4. The maximum atomic E-state index is 11.5. The van der Waals surface area contributed by atoms with Crippen LogP contribution in [0.2, 0.25) is 0 Å². The minimum atomic E-state index is -1.29. The largest absolute Gasteiger partial charge is 0.480 e. The van der Waals surface area contributed by atoms with Gasteiger partial charge in [0.05, 0.1) is 0 Å². The van der Waals surface area contributed by atoms with Gasteiger partial charge in [0, 0.05) is 13.1 Å². The normalized spacial score (nSPS) is 19.7. The highest BCUT2D eigenvalue weighted by molar-refractivity contribution is 5.71. The van der Waals surface area contributed by atoms with Crippen LogP contribution < -0.4 is 0 Å². The minimum Gasteiger partial charge on any atom is -0.480 e. The molecule has 12 nitrogen and oxygen atoms in total. The number of hydrazine groups is 3. The molecule has 0 atom stereocenters. The van der Waals surface area contributed by atoms with Crippen molar-refractivity contribution in [2.45, 2.75) is 51.4 Å². The van der Waals surface area contributed by atoms with E-state index in [1.165, 1.54) is 10.0 Å². The first-order valence-electron chi connectivity index (χ1n) is 10.1. The van der Waals surface area contributed by atoms with E-state index in [-0.39, 0.29) is 13.1 Å². The van der Waals surface area contributed by atoms with Crippen LogP contribution in [0.15, 0.2) is 0 Å². The van der Waals surface area contributed by atoms with Gasteiger partial charge in [-0.15, -0.1) is 10.2 Å². The van der Waals surface area contributed by atoms with E-state index in [1.54, 1.807) is 0 Å². The van der Waals surface area contributed by atoms with Crippen molar-refractivity contribution < 1.29 is 39.6 Å². The molecular weight excluding hydrogens is 400 g/mol. The molecule has 0 bridgehead atoms. The van der Waals surface area contributed by atoms with Crippen LogP contribution in [0.4, 0.5) is 0 Å². The number of carboxylic acid groups (broad SMARTS) is 4. The number of hydrogen-bond acceptors (Lipinski definition) is 8. The average Bonchev–Trinajstić information content (AvgIpc) is 2.62. The van der Waals surface area contributed by atoms with Gasteiger partial charge in [-0.1, -0.05) is 38.5 Å². The molecule has 0 unspecified atom stereocenters. The Bertz CT molecular complexity index is 539. The van der Waals surface area contributed by atoms with E-state index in [1.807, 2.05) is 0 Å². The van der Waals surface area contributed by atoms with E-state index < -0.39 is 50.1 Å². The zero-order valence-corrected chi connectivity index (χ0v) is 17.1. The van der Waals surface area contributed by atoms with Crippen LogP contribution in [0.1, 0.15) is 51.4 Å². The Labute approximate surface area is 175 Å². The molecule has 1 fully saturated rings. The predicted octanol–water partition coefficient (Wildman–Crippen LogP) is 0.412. The highest BCUT2D eigenvalue weighted by Crippen LogP contribution is 2.15. The molecule has 1 saturated heterocycles. The van der Waals surface area contributed by atoms with E-state index in [0.29, 0.717) is 12.8 Å². The van der Waals surface area contributed by atoms with Crippen molar-refractivity contribution in [1.29, 1.82) is 0 Å². The van der Waals surface area contributed by atoms with Gasteiger partial charge in [-0.05, 0) is 12.8 Å². The lowest BCUT2D eigenvalue weighted by Gasteiger charge is -2.44. The topological polar surface area (TPSA) is 162 Å². The third-order valence-corrected chi connectivity index (χ3v) is 4.69. The van der Waals surface area contributed by atoms with Crippen molar-refractivity contribution in [3.05, 3.63) is 0 Å². The molecule has 0 aromatic rings. The molecule has 12 heteroatoms. The Morgan fingerprint density at radius 3 is 1.00 bits per heavy atom. The fraction of sp³-hybridized carbons (Fsp3) is 0.778. The zero-order chi connectivity index (χ0) is 22.5. The Hall–Kier alpha value is -2.28. The first kappa shape index (κ1) is 25.8. The Morgan fingerprint density at radius 2 is 0.733 bits per heavy atom. The van der Waals surface area contributed by atoms with Crippen LogP contribution >= 0.6 is 0 Å². The molecule has 0 radical (unpaired) electrons. The number of aliphatic carboxylic acids is 4. The van der Waals surface area contributed by atoms with Crippen molar-refractivity contribution in [2.75, 3.05) is 39.3 Å². The highest BCUT2D eigenvalue weighted by atomic mass is 16.4. The summed E-state index contributed by atoms with van der Waals surface area (Å²) >= 11 is 0. The van der Waals surface area contributed by atoms with Gasteiger partial charge in [0.25, 0.3) is 0 Å². The second-order valence-electron chi connectivity index (χ2n) is 7.24. The molecule has 0 saturated carbocycles. The van der Waals surface area contributed by atoms with Gasteiger partial charge >= 0.3 is 23.9 Å². The molecular formula is C18H32N4O8. The van der Waals surface area contributed by atoms with Gasteiger partial charge < -0.3 is 20.4 Å². The summed E-state index contributed by atoms with van der Waals surface area (Å²) < 4.78 is 0. The van der Waals surface area contributed by atoms with Crippen molar-refractivity contribution in [2.24, 2.45) is 0 Å². The summed E-state index contributed by atoms with van der Waals surface area (Å²) in [5.41, 5.74) is 0. The third kappa shape index (κ3) is 10.5. The van der Waals surface area contributed by atoms with Crippen LogP contribution in [0, 0.1) is 0 Å². The maximum Gasteiger partial charge on any atom is 0.320 e. The van der Waals surface area contributed by atoms with Gasteiger partial charge in [0.2, 0.25) is 0 Å². The summed E-state index contributed by atoms with van der Waals surface area (Å²) in [6.07, 6.45) is 6.90. The molecule has 0 aromatic carbocycles. The lowest BCUT2D eigenvalue weighted by atomic mass is 10.1. The lowest BCUT2D eigenvalue weighted by Crippen LogP contribution is -2.64. The van der Waals surface area contributed by atoms with Crippen LogP contribution in [0.5, 0.6) is 0 Å². The maximum absolute atomic E-state index is 11.5. The molecule has 1 aliphatic rings. The molecule has 0 spiro atoms. The van der Waals surface area contributed by atoms with Crippen molar-refractivity contribution >= 4 is 23.9 Å². The second kappa shape index (κ2) is 13.9. The van der Waals surface area contributed by atoms with Crippen LogP contribution in [-0.2, 0) is 19.2 Å². The first-order valence-corrected chi connectivity index (χ1v) is 10.1. The van der Waals surface area contributed by atoms with Crippen LogP contribution in [-0.4, -0.2) is 104 Å². The van der Waals surface area contributed by atoms with Crippen LogP contribution in [0.25, 0.3) is 0 Å². The molecule has 1 aliphatic heterocycles. The third-order valence-electron chi connectivity index (χ3n) is 4.69. The monoisotopic (exact) mass is 432 g/mol. The Morgan fingerprint density at radius 1 is 0.467 bits per heavy atom. The number of carbonyl (C=O) groups is 4. The summed E-state index contributed by atoms with van der Waals surface area (Å²) in [4.78, 5) is 45.8. The van der Waals surface area contributed by atoms with Crippen molar-refractivity contribution in [3.8, 4) is 0 Å². The van der Waals surface area contributed by atoms with E-state index in [4.69, 9.17) is 0 Å². The summed E-state index contributed by atoms with van der Waals surface area (Å²) in [6.45, 7) is -2.06.